The molecule has 0 heterocycles. The number of hydrogen-bond donors (Lipinski definition) is 0. The fraction of sp³-hybridized carbons (Fsp3) is 0.273. The zero-order valence-corrected chi connectivity index (χ0v) is 11.2. The minimum absolute atomic E-state index is 0.00613. The van der Waals surface area contributed by atoms with E-state index in [1.165, 1.54) is 5.67 Å². The summed E-state index contributed by atoms with van der Waals surface area (Å²) < 4.78 is 0. The summed E-state index contributed by atoms with van der Waals surface area (Å²) in [5.41, 5.74) is 2.70. The molecule has 0 atom stereocenters. The predicted octanol–water partition coefficient (Wildman–Crippen LogP) is 2.02. The van der Waals surface area contributed by atoms with Crippen molar-refractivity contribution >= 4 is 19.0 Å². The minimum atomic E-state index is -0.00613. The SMILES string of the molecule is C=CC(C=C)[SiH2]C[SiH2]C(C=C)C=C. The first kappa shape index (κ1) is 12.4. The maximum Gasteiger partial charge on any atom is 0.0296 e. The van der Waals surface area contributed by atoms with Crippen LogP contribution in [0.15, 0.2) is 50.6 Å². The second-order valence-corrected chi connectivity index (χ2v) is 9.07. The van der Waals surface area contributed by atoms with Gasteiger partial charge >= 0.3 is 0 Å². The predicted molar refractivity (Wildman–Crippen MR) is 70.2 cm³/mol. The summed E-state index contributed by atoms with van der Waals surface area (Å²) >= 11 is 0. The molecular weight excluding hydrogens is 188 g/mol. The van der Waals surface area contributed by atoms with Crippen molar-refractivity contribution in [1.82, 2.24) is 0 Å². The molecule has 0 aliphatic heterocycles. The van der Waals surface area contributed by atoms with Crippen molar-refractivity contribution < 1.29 is 0 Å². The largest absolute Gasteiger partial charge is 0.103 e. The van der Waals surface area contributed by atoms with E-state index < -0.39 is 0 Å². The Kier molecular flexibility index (Phi) is 7.64. The first-order valence-electron chi connectivity index (χ1n) is 4.78. The van der Waals surface area contributed by atoms with Crippen LogP contribution in [0.2, 0.25) is 16.7 Å². The van der Waals surface area contributed by atoms with Crippen molar-refractivity contribution in [2.75, 3.05) is 0 Å². The molecule has 0 saturated heterocycles. The van der Waals surface area contributed by atoms with E-state index in [0.717, 1.165) is 0 Å². The van der Waals surface area contributed by atoms with E-state index in [2.05, 4.69) is 26.3 Å². The van der Waals surface area contributed by atoms with Gasteiger partial charge in [0.05, 0.1) is 0 Å². The Balaban J connectivity index is 3.63. The summed E-state index contributed by atoms with van der Waals surface area (Å²) in [4.78, 5) is 0. The Bertz CT molecular complexity index is 149. The van der Waals surface area contributed by atoms with Crippen LogP contribution >= 0.6 is 0 Å². The highest BCUT2D eigenvalue weighted by molar-refractivity contribution is 6.58. The van der Waals surface area contributed by atoms with Crippen molar-refractivity contribution in [3.63, 3.8) is 0 Å². The van der Waals surface area contributed by atoms with Gasteiger partial charge in [-0.1, -0.05) is 30.0 Å². The molecular formula is C11H20Si2. The van der Waals surface area contributed by atoms with Crippen molar-refractivity contribution in [3.8, 4) is 0 Å². The van der Waals surface area contributed by atoms with Crippen LogP contribution in [0.3, 0.4) is 0 Å². The van der Waals surface area contributed by atoms with E-state index in [9.17, 15) is 0 Å². The summed E-state index contributed by atoms with van der Waals surface area (Å²) in [6.45, 7) is 15.2. The van der Waals surface area contributed by atoms with Crippen LogP contribution in [-0.4, -0.2) is 19.0 Å². The third-order valence-corrected chi connectivity index (χ3v) is 8.22. The average Bonchev–Trinajstić information content (AvgIpc) is 2.19. The van der Waals surface area contributed by atoms with Crippen LogP contribution < -0.4 is 0 Å². The van der Waals surface area contributed by atoms with Gasteiger partial charge in [-0.15, -0.1) is 26.3 Å². The Morgan fingerprint density at radius 2 is 1.08 bits per heavy atom. The van der Waals surface area contributed by atoms with Gasteiger partial charge in [-0.25, -0.2) is 0 Å². The quantitative estimate of drug-likeness (QED) is 0.423. The van der Waals surface area contributed by atoms with Gasteiger partial charge in [0.15, 0.2) is 0 Å². The van der Waals surface area contributed by atoms with E-state index in [0.29, 0.717) is 11.1 Å². The summed E-state index contributed by atoms with van der Waals surface area (Å²) in [7, 11) is -0.0123. The molecule has 0 radical (unpaired) electrons. The van der Waals surface area contributed by atoms with Crippen molar-refractivity contribution in [2.45, 2.75) is 16.7 Å². The monoisotopic (exact) mass is 208 g/mol. The lowest BCUT2D eigenvalue weighted by Crippen LogP contribution is -2.05. The highest BCUT2D eigenvalue weighted by atomic mass is 28.3. The standard InChI is InChI=1S/C11H20Si2/c1-5-10(6-2)12-9-13-11(7-3)8-4/h5-8,10-11H,1-4,9,12-13H2. The van der Waals surface area contributed by atoms with E-state index >= 15 is 0 Å². The molecule has 0 unspecified atom stereocenters. The lowest BCUT2D eigenvalue weighted by atomic mass is 10.4. The Labute approximate surface area is 86.8 Å². The van der Waals surface area contributed by atoms with E-state index in [4.69, 9.17) is 0 Å². The van der Waals surface area contributed by atoms with Crippen LogP contribution in [0.25, 0.3) is 0 Å². The van der Waals surface area contributed by atoms with E-state index in [1.54, 1.807) is 0 Å². The zero-order chi connectivity index (χ0) is 10.1. The molecule has 0 aromatic carbocycles. The zero-order valence-electron chi connectivity index (χ0n) is 8.41. The van der Waals surface area contributed by atoms with Crippen LogP contribution in [0.5, 0.6) is 0 Å². The van der Waals surface area contributed by atoms with Gasteiger partial charge in [0.25, 0.3) is 0 Å². The molecule has 0 aromatic heterocycles. The Morgan fingerprint density at radius 3 is 1.31 bits per heavy atom. The lowest BCUT2D eigenvalue weighted by Gasteiger charge is -2.07. The molecule has 0 N–H and O–H groups in total. The van der Waals surface area contributed by atoms with Gasteiger partial charge in [0.1, 0.15) is 0 Å². The summed E-state index contributed by atoms with van der Waals surface area (Å²) in [5.74, 6) is 0. The van der Waals surface area contributed by atoms with Gasteiger partial charge in [-0.3, -0.25) is 0 Å². The van der Waals surface area contributed by atoms with Crippen LogP contribution in [0, 0.1) is 0 Å². The number of rotatable bonds is 8. The van der Waals surface area contributed by atoms with Crippen molar-refractivity contribution in [3.05, 3.63) is 50.6 Å². The molecule has 0 saturated carbocycles. The van der Waals surface area contributed by atoms with Crippen LogP contribution in [-0.2, 0) is 0 Å². The molecule has 0 aliphatic carbocycles. The van der Waals surface area contributed by atoms with E-state index in [-0.39, 0.29) is 19.0 Å². The van der Waals surface area contributed by atoms with Crippen LogP contribution in [0.1, 0.15) is 0 Å². The summed E-state index contributed by atoms with van der Waals surface area (Å²) in [5, 5.41) is 0. The Morgan fingerprint density at radius 1 is 0.769 bits per heavy atom. The molecule has 0 spiro atoms. The first-order chi connectivity index (χ1) is 6.28. The molecule has 0 bridgehead atoms. The van der Waals surface area contributed by atoms with E-state index in [1.807, 2.05) is 24.3 Å². The van der Waals surface area contributed by atoms with Gasteiger partial charge in [-0.05, 0) is 11.1 Å². The molecule has 0 nitrogen and oxygen atoms in total. The fourth-order valence-electron chi connectivity index (χ4n) is 1.25. The molecule has 13 heavy (non-hydrogen) atoms. The number of allylic oxidation sites excluding steroid dienone is 4. The van der Waals surface area contributed by atoms with Gasteiger partial charge in [-0.2, -0.15) is 0 Å². The van der Waals surface area contributed by atoms with Crippen LogP contribution in [0.4, 0.5) is 0 Å². The van der Waals surface area contributed by atoms with Gasteiger partial charge < -0.3 is 0 Å². The second-order valence-electron chi connectivity index (χ2n) is 3.20. The topological polar surface area (TPSA) is 0 Å². The minimum Gasteiger partial charge on any atom is -0.103 e. The van der Waals surface area contributed by atoms with Crippen molar-refractivity contribution in [2.24, 2.45) is 0 Å². The average molecular weight is 208 g/mol. The molecule has 0 aromatic rings. The van der Waals surface area contributed by atoms with Crippen molar-refractivity contribution in [1.29, 1.82) is 0 Å². The lowest BCUT2D eigenvalue weighted by molar-refractivity contribution is 1.33. The Hall–Kier alpha value is -0.606. The molecule has 0 aliphatic rings. The van der Waals surface area contributed by atoms with Gasteiger partial charge in [0, 0.05) is 19.0 Å². The first-order valence-corrected chi connectivity index (χ1v) is 8.42. The third-order valence-electron chi connectivity index (χ3n) is 2.29. The number of hydrogen-bond acceptors (Lipinski definition) is 0. The highest BCUT2D eigenvalue weighted by Gasteiger charge is 2.03. The maximum atomic E-state index is 3.81. The summed E-state index contributed by atoms with van der Waals surface area (Å²) in [6, 6.07) is 0. The van der Waals surface area contributed by atoms with Gasteiger partial charge in [0.2, 0.25) is 0 Å². The molecule has 72 valence electrons. The summed E-state index contributed by atoms with van der Waals surface area (Å²) in [6.07, 6.45) is 8.13. The normalized spacial score (nSPS) is 11.8. The molecule has 2 heteroatoms. The third kappa shape index (κ3) is 5.60. The fourth-order valence-corrected chi connectivity index (χ4v) is 6.91. The second kappa shape index (κ2) is 8.01. The molecule has 0 fully saturated rings. The highest BCUT2D eigenvalue weighted by Crippen LogP contribution is 2.11. The molecule has 0 amide bonds. The molecule has 0 rings (SSSR count). The smallest absolute Gasteiger partial charge is 0.0296 e. The maximum absolute atomic E-state index is 3.81.